The average molecular weight is 220 g/mol. The summed E-state index contributed by atoms with van der Waals surface area (Å²) in [4.78, 5) is 8.83. The molecule has 0 radical (unpaired) electrons. The van der Waals surface area contributed by atoms with Crippen LogP contribution in [0.4, 0.5) is 11.6 Å². The minimum atomic E-state index is 0.572. The Bertz CT molecular complexity index is 389. The molecule has 0 aliphatic heterocycles. The molecule has 1 aliphatic carbocycles. The van der Waals surface area contributed by atoms with Gasteiger partial charge in [0, 0.05) is 18.0 Å². The molecule has 16 heavy (non-hydrogen) atoms. The van der Waals surface area contributed by atoms with Gasteiger partial charge in [-0.15, -0.1) is 0 Å². The molecule has 1 aromatic rings. The van der Waals surface area contributed by atoms with Crippen LogP contribution in [0.1, 0.15) is 38.1 Å². The number of anilines is 2. The molecule has 2 atom stereocenters. The van der Waals surface area contributed by atoms with Crippen LogP contribution in [0.5, 0.6) is 0 Å². The first-order valence-corrected chi connectivity index (χ1v) is 6.01. The van der Waals surface area contributed by atoms with E-state index in [4.69, 9.17) is 5.73 Å². The first kappa shape index (κ1) is 11.2. The minimum Gasteiger partial charge on any atom is -0.383 e. The van der Waals surface area contributed by atoms with E-state index in [2.05, 4.69) is 29.1 Å². The van der Waals surface area contributed by atoms with Crippen LogP contribution in [-0.2, 0) is 6.42 Å². The summed E-state index contributed by atoms with van der Waals surface area (Å²) < 4.78 is 0. The van der Waals surface area contributed by atoms with Gasteiger partial charge in [0.1, 0.15) is 17.5 Å². The SMILES string of the molecule is CCCc1nc(N)c(C)c(NC2CC2C)n1. The highest BCUT2D eigenvalue weighted by Gasteiger charge is 2.33. The summed E-state index contributed by atoms with van der Waals surface area (Å²) in [5.74, 6) is 3.13. The standard InChI is InChI=1S/C12H20N4/c1-4-5-10-15-11(13)8(3)12(16-10)14-9-6-7(9)2/h7,9H,4-6H2,1-3H3,(H3,13,14,15,16). The minimum absolute atomic E-state index is 0.572. The maximum Gasteiger partial charge on any atom is 0.134 e. The second kappa shape index (κ2) is 4.28. The summed E-state index contributed by atoms with van der Waals surface area (Å²) in [5.41, 5.74) is 6.86. The Morgan fingerprint density at radius 3 is 2.69 bits per heavy atom. The molecule has 0 spiro atoms. The van der Waals surface area contributed by atoms with Crippen molar-refractivity contribution in [2.24, 2.45) is 5.92 Å². The lowest BCUT2D eigenvalue weighted by atomic mass is 10.2. The van der Waals surface area contributed by atoms with Crippen LogP contribution in [0.15, 0.2) is 0 Å². The van der Waals surface area contributed by atoms with Gasteiger partial charge < -0.3 is 11.1 Å². The number of nitrogen functional groups attached to an aromatic ring is 1. The molecule has 2 rings (SSSR count). The fraction of sp³-hybridized carbons (Fsp3) is 0.667. The summed E-state index contributed by atoms with van der Waals surface area (Å²) in [6.07, 6.45) is 3.16. The molecule has 1 aliphatic rings. The summed E-state index contributed by atoms with van der Waals surface area (Å²) >= 11 is 0. The molecule has 0 bridgehead atoms. The number of nitrogens with zero attached hydrogens (tertiary/aromatic N) is 2. The average Bonchev–Trinajstić information content (AvgIpc) is 2.90. The highest BCUT2D eigenvalue weighted by Crippen LogP contribution is 2.33. The Labute approximate surface area is 96.7 Å². The fourth-order valence-electron chi connectivity index (χ4n) is 1.76. The van der Waals surface area contributed by atoms with E-state index in [-0.39, 0.29) is 0 Å². The lowest BCUT2D eigenvalue weighted by Gasteiger charge is -2.11. The Hall–Kier alpha value is -1.32. The molecule has 0 saturated heterocycles. The van der Waals surface area contributed by atoms with Crippen molar-refractivity contribution in [3.05, 3.63) is 11.4 Å². The van der Waals surface area contributed by atoms with Crippen LogP contribution >= 0.6 is 0 Å². The molecule has 2 unspecified atom stereocenters. The fourth-order valence-corrected chi connectivity index (χ4v) is 1.76. The number of rotatable bonds is 4. The molecule has 88 valence electrons. The van der Waals surface area contributed by atoms with Crippen molar-refractivity contribution >= 4 is 11.6 Å². The zero-order chi connectivity index (χ0) is 11.7. The van der Waals surface area contributed by atoms with E-state index in [0.717, 1.165) is 36.0 Å². The number of nitrogens with two attached hydrogens (primary N) is 1. The van der Waals surface area contributed by atoms with Crippen LogP contribution in [0.2, 0.25) is 0 Å². The molecule has 4 nitrogen and oxygen atoms in total. The van der Waals surface area contributed by atoms with Gasteiger partial charge in [-0.1, -0.05) is 13.8 Å². The molecule has 1 heterocycles. The second-order valence-corrected chi connectivity index (χ2v) is 4.71. The second-order valence-electron chi connectivity index (χ2n) is 4.71. The van der Waals surface area contributed by atoms with Gasteiger partial charge in [-0.3, -0.25) is 0 Å². The number of hydrogen-bond acceptors (Lipinski definition) is 4. The van der Waals surface area contributed by atoms with E-state index >= 15 is 0 Å². The third-order valence-corrected chi connectivity index (χ3v) is 3.13. The Kier molecular flexibility index (Phi) is 2.99. The number of nitrogens with one attached hydrogen (secondary N) is 1. The van der Waals surface area contributed by atoms with Crippen LogP contribution in [0.3, 0.4) is 0 Å². The first-order chi connectivity index (χ1) is 7.61. The van der Waals surface area contributed by atoms with Crippen molar-refractivity contribution in [1.29, 1.82) is 0 Å². The molecule has 1 saturated carbocycles. The smallest absolute Gasteiger partial charge is 0.134 e. The molecular formula is C12H20N4. The summed E-state index contributed by atoms with van der Waals surface area (Å²) in [7, 11) is 0. The van der Waals surface area contributed by atoms with Crippen LogP contribution in [-0.4, -0.2) is 16.0 Å². The quantitative estimate of drug-likeness (QED) is 0.816. The first-order valence-electron chi connectivity index (χ1n) is 6.01. The third-order valence-electron chi connectivity index (χ3n) is 3.13. The van der Waals surface area contributed by atoms with E-state index < -0.39 is 0 Å². The van der Waals surface area contributed by atoms with Crippen LogP contribution < -0.4 is 11.1 Å². The monoisotopic (exact) mass is 220 g/mol. The topological polar surface area (TPSA) is 63.8 Å². The van der Waals surface area contributed by atoms with E-state index in [1.165, 1.54) is 6.42 Å². The van der Waals surface area contributed by atoms with Gasteiger partial charge in [0.25, 0.3) is 0 Å². The molecule has 1 aromatic heterocycles. The van der Waals surface area contributed by atoms with Gasteiger partial charge in [-0.05, 0) is 25.7 Å². The molecule has 0 amide bonds. The summed E-state index contributed by atoms with van der Waals surface area (Å²) in [5, 5.41) is 3.44. The lowest BCUT2D eigenvalue weighted by Crippen LogP contribution is -2.11. The predicted molar refractivity (Wildman–Crippen MR) is 66.4 cm³/mol. The normalized spacial score (nSPS) is 23.2. The zero-order valence-corrected chi connectivity index (χ0v) is 10.2. The lowest BCUT2D eigenvalue weighted by molar-refractivity contribution is 0.829. The van der Waals surface area contributed by atoms with E-state index in [9.17, 15) is 0 Å². The molecule has 1 fully saturated rings. The highest BCUT2D eigenvalue weighted by atomic mass is 15.1. The number of hydrogen-bond donors (Lipinski definition) is 2. The van der Waals surface area contributed by atoms with Gasteiger partial charge in [0.05, 0.1) is 0 Å². The molecule has 0 aromatic carbocycles. The number of aryl methyl sites for hydroxylation is 1. The summed E-state index contributed by atoms with van der Waals surface area (Å²) in [6, 6.07) is 0.572. The molecule has 3 N–H and O–H groups in total. The Balaban J connectivity index is 2.20. The largest absolute Gasteiger partial charge is 0.383 e. The Morgan fingerprint density at radius 2 is 2.12 bits per heavy atom. The third kappa shape index (κ3) is 2.26. The maximum absolute atomic E-state index is 5.89. The van der Waals surface area contributed by atoms with Gasteiger partial charge in [-0.2, -0.15) is 0 Å². The number of aromatic nitrogens is 2. The van der Waals surface area contributed by atoms with Gasteiger partial charge in [-0.25, -0.2) is 9.97 Å². The molecular weight excluding hydrogens is 200 g/mol. The zero-order valence-electron chi connectivity index (χ0n) is 10.2. The highest BCUT2D eigenvalue weighted by molar-refractivity contribution is 5.55. The maximum atomic E-state index is 5.89. The van der Waals surface area contributed by atoms with Crippen molar-refractivity contribution in [2.75, 3.05) is 11.1 Å². The van der Waals surface area contributed by atoms with Gasteiger partial charge in [0.15, 0.2) is 0 Å². The van der Waals surface area contributed by atoms with Gasteiger partial charge in [0.2, 0.25) is 0 Å². The van der Waals surface area contributed by atoms with E-state index in [1.807, 2.05) is 6.92 Å². The van der Waals surface area contributed by atoms with Crippen molar-refractivity contribution < 1.29 is 0 Å². The Morgan fingerprint density at radius 1 is 1.44 bits per heavy atom. The van der Waals surface area contributed by atoms with Crippen molar-refractivity contribution in [1.82, 2.24) is 9.97 Å². The molecule has 4 heteroatoms. The van der Waals surface area contributed by atoms with Crippen molar-refractivity contribution in [3.63, 3.8) is 0 Å². The van der Waals surface area contributed by atoms with Crippen molar-refractivity contribution in [3.8, 4) is 0 Å². The van der Waals surface area contributed by atoms with E-state index in [0.29, 0.717) is 11.9 Å². The van der Waals surface area contributed by atoms with Gasteiger partial charge >= 0.3 is 0 Å². The predicted octanol–water partition coefficient (Wildman–Crippen LogP) is 2.14. The van der Waals surface area contributed by atoms with Crippen molar-refractivity contribution in [2.45, 2.75) is 46.1 Å². The van der Waals surface area contributed by atoms with E-state index in [1.54, 1.807) is 0 Å². The van der Waals surface area contributed by atoms with Crippen LogP contribution in [0.25, 0.3) is 0 Å². The summed E-state index contributed by atoms with van der Waals surface area (Å²) in [6.45, 7) is 6.33. The van der Waals surface area contributed by atoms with Crippen LogP contribution in [0, 0.1) is 12.8 Å².